The summed E-state index contributed by atoms with van der Waals surface area (Å²) in [5, 5.41) is 9.42. The number of carbonyl (C=O) groups is 2. The summed E-state index contributed by atoms with van der Waals surface area (Å²) in [5.41, 5.74) is 0.716. The number of hydrogen-bond acceptors (Lipinski definition) is 4. The van der Waals surface area contributed by atoms with Gasteiger partial charge in [0.2, 0.25) is 0 Å². The van der Waals surface area contributed by atoms with E-state index in [1.807, 2.05) is 27.7 Å². The fourth-order valence-electron chi connectivity index (χ4n) is 1.61. The quantitative estimate of drug-likeness (QED) is 0.806. The SMILES string of the molecule is CCCc1cc(C(=O)OC(C)C(=O)NC(C)(C)C)n[nH]1. The molecule has 0 aliphatic heterocycles. The summed E-state index contributed by atoms with van der Waals surface area (Å²) in [6.07, 6.45) is 0.926. The first kappa shape index (κ1) is 16.2. The summed E-state index contributed by atoms with van der Waals surface area (Å²) in [5.74, 6) is -0.921. The maximum Gasteiger partial charge on any atom is 0.359 e. The van der Waals surface area contributed by atoms with Crippen molar-refractivity contribution in [1.29, 1.82) is 0 Å². The smallest absolute Gasteiger partial charge is 0.359 e. The lowest BCUT2D eigenvalue weighted by Gasteiger charge is -2.22. The van der Waals surface area contributed by atoms with Crippen molar-refractivity contribution in [3.8, 4) is 0 Å². The van der Waals surface area contributed by atoms with Gasteiger partial charge in [-0.2, -0.15) is 5.10 Å². The van der Waals surface area contributed by atoms with E-state index in [2.05, 4.69) is 15.5 Å². The van der Waals surface area contributed by atoms with Crippen LogP contribution in [0.5, 0.6) is 0 Å². The van der Waals surface area contributed by atoms with Crippen LogP contribution in [0.3, 0.4) is 0 Å². The third-order valence-corrected chi connectivity index (χ3v) is 2.51. The minimum absolute atomic E-state index is 0.198. The average molecular weight is 281 g/mol. The molecule has 0 aliphatic carbocycles. The summed E-state index contributed by atoms with van der Waals surface area (Å²) in [4.78, 5) is 23.7. The highest BCUT2D eigenvalue weighted by Crippen LogP contribution is 2.07. The molecule has 0 saturated heterocycles. The number of ether oxygens (including phenoxy) is 1. The number of hydrogen-bond donors (Lipinski definition) is 2. The second-order valence-electron chi connectivity index (χ2n) is 5.82. The molecular weight excluding hydrogens is 258 g/mol. The van der Waals surface area contributed by atoms with E-state index < -0.39 is 12.1 Å². The maximum atomic E-state index is 11.9. The lowest BCUT2D eigenvalue weighted by molar-refractivity contribution is -0.130. The number of nitrogens with zero attached hydrogens (tertiary/aromatic N) is 1. The molecular formula is C14H23N3O3. The van der Waals surface area contributed by atoms with Crippen LogP contribution in [0.1, 0.15) is 57.2 Å². The van der Waals surface area contributed by atoms with Crippen LogP contribution in [-0.4, -0.2) is 33.7 Å². The van der Waals surface area contributed by atoms with Gasteiger partial charge in [0.15, 0.2) is 11.8 Å². The molecule has 0 fully saturated rings. The first-order valence-electron chi connectivity index (χ1n) is 6.80. The monoisotopic (exact) mass is 281 g/mol. The van der Waals surface area contributed by atoms with Gasteiger partial charge in [0, 0.05) is 11.2 Å². The number of rotatable bonds is 5. The van der Waals surface area contributed by atoms with E-state index in [9.17, 15) is 9.59 Å². The van der Waals surface area contributed by atoms with Crippen LogP contribution >= 0.6 is 0 Å². The van der Waals surface area contributed by atoms with Crippen molar-refractivity contribution in [2.24, 2.45) is 0 Å². The number of aromatic nitrogens is 2. The molecule has 1 unspecified atom stereocenters. The standard InChI is InChI=1S/C14H23N3O3/c1-6-7-10-8-11(17-16-10)13(19)20-9(2)12(18)15-14(3,4)5/h8-9H,6-7H2,1-5H3,(H,15,18)(H,16,17). The molecule has 1 atom stereocenters. The zero-order chi connectivity index (χ0) is 15.3. The molecule has 20 heavy (non-hydrogen) atoms. The molecule has 0 radical (unpaired) electrons. The third kappa shape index (κ3) is 5.03. The molecule has 112 valence electrons. The van der Waals surface area contributed by atoms with Crippen molar-refractivity contribution in [3.05, 3.63) is 17.5 Å². The highest BCUT2D eigenvalue weighted by atomic mass is 16.5. The molecule has 0 bridgehead atoms. The highest BCUT2D eigenvalue weighted by Gasteiger charge is 2.23. The molecule has 1 rings (SSSR count). The van der Waals surface area contributed by atoms with Gasteiger partial charge in [0.25, 0.3) is 5.91 Å². The maximum absolute atomic E-state index is 11.9. The molecule has 1 heterocycles. The molecule has 1 aromatic heterocycles. The fourth-order valence-corrected chi connectivity index (χ4v) is 1.61. The number of aromatic amines is 1. The molecule has 6 heteroatoms. The van der Waals surface area contributed by atoms with E-state index in [0.29, 0.717) is 0 Å². The number of H-pyrrole nitrogens is 1. The molecule has 0 aliphatic rings. The summed E-state index contributed by atoms with van der Waals surface area (Å²) in [7, 11) is 0. The van der Waals surface area contributed by atoms with Gasteiger partial charge >= 0.3 is 5.97 Å². The minimum atomic E-state index is -0.854. The summed E-state index contributed by atoms with van der Waals surface area (Å²) in [6.45, 7) is 9.18. The predicted molar refractivity (Wildman–Crippen MR) is 75.4 cm³/mol. The number of carbonyl (C=O) groups excluding carboxylic acids is 2. The van der Waals surface area contributed by atoms with Crippen LogP contribution in [0.15, 0.2) is 6.07 Å². The Morgan fingerprint density at radius 2 is 2.10 bits per heavy atom. The number of amides is 1. The van der Waals surface area contributed by atoms with E-state index in [4.69, 9.17) is 4.74 Å². The number of esters is 1. The Morgan fingerprint density at radius 1 is 1.45 bits per heavy atom. The summed E-state index contributed by atoms with van der Waals surface area (Å²) >= 11 is 0. The Morgan fingerprint density at radius 3 is 2.65 bits per heavy atom. The van der Waals surface area contributed by atoms with Crippen LogP contribution < -0.4 is 5.32 Å². The van der Waals surface area contributed by atoms with Gasteiger partial charge < -0.3 is 10.1 Å². The van der Waals surface area contributed by atoms with Crippen molar-refractivity contribution in [2.75, 3.05) is 0 Å². The fraction of sp³-hybridized carbons (Fsp3) is 0.643. The molecule has 6 nitrogen and oxygen atoms in total. The predicted octanol–water partition coefficient (Wildman–Crippen LogP) is 1.82. The van der Waals surface area contributed by atoms with Gasteiger partial charge in [0.05, 0.1) is 0 Å². The second kappa shape index (κ2) is 6.54. The molecule has 0 aromatic carbocycles. The first-order chi connectivity index (χ1) is 9.23. The average Bonchev–Trinajstić information content (AvgIpc) is 2.75. The molecule has 2 N–H and O–H groups in total. The van der Waals surface area contributed by atoms with Crippen molar-refractivity contribution in [1.82, 2.24) is 15.5 Å². The van der Waals surface area contributed by atoms with E-state index in [1.54, 1.807) is 13.0 Å². The van der Waals surface area contributed by atoms with E-state index >= 15 is 0 Å². The molecule has 1 amide bonds. The Bertz CT molecular complexity index is 474. The van der Waals surface area contributed by atoms with E-state index in [1.165, 1.54) is 0 Å². The van der Waals surface area contributed by atoms with Crippen molar-refractivity contribution in [2.45, 2.75) is 59.1 Å². The molecule has 0 spiro atoms. The summed E-state index contributed by atoms with van der Waals surface area (Å²) in [6, 6.07) is 1.65. The van der Waals surface area contributed by atoms with E-state index in [-0.39, 0.29) is 17.1 Å². The second-order valence-corrected chi connectivity index (χ2v) is 5.82. The number of nitrogens with one attached hydrogen (secondary N) is 2. The van der Waals surface area contributed by atoms with Gasteiger partial charge in [-0.05, 0) is 40.2 Å². The molecule has 1 aromatic rings. The Balaban J connectivity index is 2.58. The van der Waals surface area contributed by atoms with Gasteiger partial charge in [-0.25, -0.2) is 4.79 Å². The van der Waals surface area contributed by atoms with Gasteiger partial charge in [-0.1, -0.05) is 13.3 Å². The van der Waals surface area contributed by atoms with Crippen LogP contribution in [0.2, 0.25) is 0 Å². The Labute approximate surface area is 119 Å². The van der Waals surface area contributed by atoms with Gasteiger partial charge in [-0.3, -0.25) is 9.89 Å². The van der Waals surface area contributed by atoms with Crippen molar-refractivity contribution >= 4 is 11.9 Å². The zero-order valence-electron chi connectivity index (χ0n) is 12.7. The lowest BCUT2D eigenvalue weighted by Crippen LogP contribution is -2.46. The Kier molecular flexibility index (Phi) is 5.30. The van der Waals surface area contributed by atoms with Crippen LogP contribution in [-0.2, 0) is 16.0 Å². The number of aryl methyl sites for hydroxylation is 1. The largest absolute Gasteiger partial charge is 0.448 e. The lowest BCUT2D eigenvalue weighted by atomic mass is 10.1. The van der Waals surface area contributed by atoms with Crippen LogP contribution in [0, 0.1) is 0 Å². The highest BCUT2D eigenvalue weighted by molar-refractivity contribution is 5.90. The van der Waals surface area contributed by atoms with Crippen molar-refractivity contribution < 1.29 is 14.3 Å². The van der Waals surface area contributed by atoms with E-state index in [0.717, 1.165) is 18.5 Å². The van der Waals surface area contributed by atoms with Crippen LogP contribution in [0.25, 0.3) is 0 Å². The van der Waals surface area contributed by atoms with Crippen LogP contribution in [0.4, 0.5) is 0 Å². The summed E-state index contributed by atoms with van der Waals surface area (Å²) < 4.78 is 5.10. The minimum Gasteiger partial charge on any atom is -0.448 e. The van der Waals surface area contributed by atoms with Gasteiger partial charge in [-0.15, -0.1) is 0 Å². The Hall–Kier alpha value is -1.85. The third-order valence-electron chi connectivity index (χ3n) is 2.51. The van der Waals surface area contributed by atoms with Gasteiger partial charge in [0.1, 0.15) is 0 Å². The topological polar surface area (TPSA) is 84.1 Å². The van der Waals surface area contributed by atoms with Crippen molar-refractivity contribution in [3.63, 3.8) is 0 Å². The normalized spacial score (nSPS) is 12.8. The first-order valence-corrected chi connectivity index (χ1v) is 6.80. The molecule has 0 saturated carbocycles. The zero-order valence-corrected chi connectivity index (χ0v) is 12.7.